The molecule has 114 valence electrons. The number of methoxy groups -OCH3 is 1. The number of carbonyl (C=O) groups is 1. The van der Waals surface area contributed by atoms with Crippen LogP contribution in [0.1, 0.15) is 24.2 Å². The van der Waals surface area contributed by atoms with E-state index in [-0.39, 0.29) is 11.7 Å². The highest BCUT2D eigenvalue weighted by atomic mass is 16.5. The lowest BCUT2D eigenvalue weighted by molar-refractivity contribution is -0.131. The molecule has 0 bridgehead atoms. The van der Waals surface area contributed by atoms with Crippen molar-refractivity contribution in [3.8, 4) is 5.75 Å². The number of phenolic OH excluding ortho intramolecular Hbond substituents is 1. The summed E-state index contributed by atoms with van der Waals surface area (Å²) in [5.41, 5.74) is 4.72. The Kier molecular flexibility index (Phi) is 5.27. The first-order valence-electron chi connectivity index (χ1n) is 6.83. The van der Waals surface area contributed by atoms with E-state index in [2.05, 4.69) is 10.5 Å². The standard InChI is InChI=1S/C17H18N2O3/c1-12(13-8-10-15(20)11-9-13)18-19-17(21)16(22-2)14-6-4-3-5-7-14/h3-11,16,20H,1-2H3,(H,19,21)/b18-12-/t16-/m0/s1. The molecule has 5 heteroatoms. The van der Waals surface area contributed by atoms with Gasteiger partial charge in [0.05, 0.1) is 5.71 Å². The first-order valence-corrected chi connectivity index (χ1v) is 6.83. The highest BCUT2D eigenvalue weighted by Gasteiger charge is 2.19. The predicted molar refractivity (Wildman–Crippen MR) is 84.7 cm³/mol. The van der Waals surface area contributed by atoms with Crippen LogP contribution >= 0.6 is 0 Å². The molecule has 0 unspecified atom stereocenters. The zero-order valence-corrected chi connectivity index (χ0v) is 12.5. The largest absolute Gasteiger partial charge is 0.508 e. The fourth-order valence-electron chi connectivity index (χ4n) is 1.99. The quantitative estimate of drug-likeness (QED) is 0.658. The number of hydrogen-bond donors (Lipinski definition) is 2. The Morgan fingerprint density at radius 1 is 1.14 bits per heavy atom. The summed E-state index contributed by atoms with van der Waals surface area (Å²) in [4.78, 5) is 12.2. The van der Waals surface area contributed by atoms with E-state index in [1.807, 2.05) is 30.3 Å². The number of phenols is 1. The van der Waals surface area contributed by atoms with Crippen LogP contribution < -0.4 is 5.43 Å². The lowest BCUT2D eigenvalue weighted by Gasteiger charge is -2.14. The van der Waals surface area contributed by atoms with Crippen LogP contribution in [0.15, 0.2) is 59.7 Å². The molecule has 1 atom stereocenters. The van der Waals surface area contributed by atoms with Crippen molar-refractivity contribution >= 4 is 11.6 Å². The van der Waals surface area contributed by atoms with Crippen molar-refractivity contribution in [1.29, 1.82) is 0 Å². The van der Waals surface area contributed by atoms with Crippen LogP contribution in [-0.2, 0) is 9.53 Å². The molecule has 2 N–H and O–H groups in total. The van der Waals surface area contributed by atoms with Gasteiger partial charge in [0.15, 0.2) is 6.10 Å². The Labute approximate surface area is 129 Å². The lowest BCUT2D eigenvalue weighted by Crippen LogP contribution is -2.27. The number of nitrogens with zero attached hydrogens (tertiary/aromatic N) is 1. The summed E-state index contributed by atoms with van der Waals surface area (Å²) in [5.74, 6) is -0.157. The minimum absolute atomic E-state index is 0.184. The lowest BCUT2D eigenvalue weighted by atomic mass is 10.1. The van der Waals surface area contributed by atoms with Crippen molar-refractivity contribution in [2.24, 2.45) is 5.10 Å². The molecular formula is C17H18N2O3. The van der Waals surface area contributed by atoms with Crippen LogP contribution in [0.4, 0.5) is 0 Å². The second kappa shape index (κ2) is 7.38. The van der Waals surface area contributed by atoms with Gasteiger partial charge in [-0.3, -0.25) is 4.79 Å². The van der Waals surface area contributed by atoms with Gasteiger partial charge in [-0.15, -0.1) is 0 Å². The molecule has 0 saturated heterocycles. The molecule has 0 spiro atoms. The van der Waals surface area contributed by atoms with Crippen molar-refractivity contribution in [1.82, 2.24) is 5.43 Å². The van der Waals surface area contributed by atoms with Gasteiger partial charge in [-0.25, -0.2) is 5.43 Å². The van der Waals surface area contributed by atoms with Crippen molar-refractivity contribution in [2.75, 3.05) is 7.11 Å². The van der Waals surface area contributed by atoms with Crippen LogP contribution in [0.25, 0.3) is 0 Å². The summed E-state index contributed by atoms with van der Waals surface area (Å²) in [6, 6.07) is 15.8. The van der Waals surface area contributed by atoms with Crippen molar-refractivity contribution in [3.63, 3.8) is 0 Å². The van der Waals surface area contributed by atoms with Gasteiger partial charge in [-0.2, -0.15) is 5.10 Å². The third-order valence-electron chi connectivity index (χ3n) is 3.20. The van der Waals surface area contributed by atoms with Crippen LogP contribution in [0.5, 0.6) is 5.75 Å². The molecule has 22 heavy (non-hydrogen) atoms. The van der Waals surface area contributed by atoms with Gasteiger partial charge in [-0.05, 0) is 42.3 Å². The number of nitrogens with one attached hydrogen (secondary N) is 1. The summed E-state index contributed by atoms with van der Waals surface area (Å²) in [7, 11) is 1.48. The van der Waals surface area contributed by atoms with Crippen LogP contribution in [0.3, 0.4) is 0 Å². The van der Waals surface area contributed by atoms with E-state index in [1.54, 1.807) is 31.2 Å². The molecule has 0 aliphatic carbocycles. The highest BCUT2D eigenvalue weighted by molar-refractivity contribution is 5.99. The molecule has 0 saturated carbocycles. The maximum atomic E-state index is 12.2. The van der Waals surface area contributed by atoms with Crippen molar-refractivity contribution in [2.45, 2.75) is 13.0 Å². The zero-order chi connectivity index (χ0) is 15.9. The zero-order valence-electron chi connectivity index (χ0n) is 12.5. The second-order valence-corrected chi connectivity index (χ2v) is 4.75. The summed E-state index contributed by atoms with van der Waals surface area (Å²) in [6.07, 6.45) is -0.711. The van der Waals surface area contributed by atoms with Crippen LogP contribution in [0, 0.1) is 0 Å². The molecule has 5 nitrogen and oxygen atoms in total. The van der Waals surface area contributed by atoms with Gasteiger partial charge in [0, 0.05) is 7.11 Å². The molecule has 0 aliphatic heterocycles. The van der Waals surface area contributed by atoms with E-state index in [0.717, 1.165) is 11.1 Å². The highest BCUT2D eigenvalue weighted by Crippen LogP contribution is 2.16. The molecule has 1 amide bonds. The van der Waals surface area contributed by atoms with Crippen molar-refractivity contribution in [3.05, 3.63) is 65.7 Å². The topological polar surface area (TPSA) is 70.9 Å². The Balaban J connectivity index is 2.07. The van der Waals surface area contributed by atoms with E-state index in [9.17, 15) is 9.90 Å². The Morgan fingerprint density at radius 3 is 2.36 bits per heavy atom. The third kappa shape index (κ3) is 3.93. The summed E-state index contributed by atoms with van der Waals surface area (Å²) in [5, 5.41) is 13.3. The molecule has 0 radical (unpaired) electrons. The number of ether oxygens (including phenoxy) is 1. The molecule has 2 rings (SSSR count). The van der Waals surface area contributed by atoms with Crippen molar-refractivity contribution < 1.29 is 14.6 Å². The molecule has 0 heterocycles. The van der Waals surface area contributed by atoms with E-state index < -0.39 is 6.10 Å². The van der Waals surface area contributed by atoms with E-state index >= 15 is 0 Å². The SMILES string of the molecule is CO[C@H](C(=O)N/N=C(/C)c1ccc(O)cc1)c1ccccc1. The third-order valence-corrected chi connectivity index (χ3v) is 3.20. The number of benzene rings is 2. The molecule has 0 aromatic heterocycles. The van der Waals surface area contributed by atoms with E-state index in [1.165, 1.54) is 7.11 Å². The summed E-state index contributed by atoms with van der Waals surface area (Å²) < 4.78 is 5.24. The van der Waals surface area contributed by atoms with Gasteiger partial charge in [0.1, 0.15) is 5.75 Å². The first-order chi connectivity index (χ1) is 10.6. The number of carbonyl (C=O) groups excluding carboxylic acids is 1. The fraction of sp³-hybridized carbons (Fsp3) is 0.176. The predicted octanol–water partition coefficient (Wildman–Crippen LogP) is 2.62. The molecule has 0 aliphatic rings. The number of hydrazone groups is 1. The van der Waals surface area contributed by atoms with Crippen LogP contribution in [-0.4, -0.2) is 23.8 Å². The number of aromatic hydroxyl groups is 1. The minimum atomic E-state index is -0.711. The van der Waals surface area contributed by atoms with Gasteiger partial charge >= 0.3 is 0 Å². The summed E-state index contributed by atoms with van der Waals surface area (Å²) >= 11 is 0. The minimum Gasteiger partial charge on any atom is -0.508 e. The average Bonchev–Trinajstić information content (AvgIpc) is 2.55. The van der Waals surface area contributed by atoms with Gasteiger partial charge in [0.2, 0.25) is 0 Å². The maximum absolute atomic E-state index is 12.2. The monoisotopic (exact) mass is 298 g/mol. The molecule has 0 fully saturated rings. The number of hydrogen-bond acceptors (Lipinski definition) is 4. The average molecular weight is 298 g/mol. The Hall–Kier alpha value is -2.66. The van der Waals surface area contributed by atoms with E-state index in [4.69, 9.17) is 4.74 Å². The van der Waals surface area contributed by atoms with Gasteiger partial charge in [0.25, 0.3) is 5.91 Å². The first kappa shape index (κ1) is 15.7. The molecule has 2 aromatic rings. The van der Waals surface area contributed by atoms with E-state index in [0.29, 0.717) is 5.71 Å². The normalized spacial score (nSPS) is 12.7. The smallest absolute Gasteiger partial charge is 0.273 e. The number of amides is 1. The molecular weight excluding hydrogens is 280 g/mol. The van der Waals surface area contributed by atoms with Gasteiger partial charge < -0.3 is 9.84 Å². The Morgan fingerprint density at radius 2 is 1.77 bits per heavy atom. The Bertz CT molecular complexity index is 651. The summed E-state index contributed by atoms with van der Waals surface area (Å²) in [6.45, 7) is 1.77. The molecule has 2 aromatic carbocycles. The maximum Gasteiger partial charge on any atom is 0.273 e. The fourth-order valence-corrected chi connectivity index (χ4v) is 1.99. The van der Waals surface area contributed by atoms with Gasteiger partial charge in [-0.1, -0.05) is 30.3 Å². The second-order valence-electron chi connectivity index (χ2n) is 4.75. The van der Waals surface area contributed by atoms with Crippen LogP contribution in [0.2, 0.25) is 0 Å². The number of rotatable bonds is 5.